The van der Waals surface area contributed by atoms with Crippen LogP contribution in [0.2, 0.25) is 0 Å². The Kier molecular flexibility index (Phi) is 7.53. The fourth-order valence-electron chi connectivity index (χ4n) is 4.67. The van der Waals surface area contributed by atoms with Crippen molar-refractivity contribution in [2.24, 2.45) is 0 Å². The summed E-state index contributed by atoms with van der Waals surface area (Å²) >= 11 is 0. The van der Waals surface area contributed by atoms with Crippen LogP contribution in [0.15, 0.2) is 53.4 Å². The fraction of sp³-hybridized carbons (Fsp3) is 0.286. The Balaban J connectivity index is 1.41. The largest absolute Gasteiger partial charge is 0.493 e. The lowest BCUT2D eigenvalue weighted by atomic mass is 9.94. The predicted octanol–water partition coefficient (Wildman–Crippen LogP) is 3.42. The van der Waals surface area contributed by atoms with Gasteiger partial charge in [-0.1, -0.05) is 6.07 Å². The first kappa shape index (κ1) is 27.3. The number of fused-ring (bicyclic) bond motifs is 1. The highest BCUT2D eigenvalue weighted by molar-refractivity contribution is 7.89. The molecule has 2 unspecified atom stereocenters. The first-order valence-corrected chi connectivity index (χ1v) is 13.7. The zero-order chi connectivity index (χ0) is 28.4. The lowest BCUT2D eigenvalue weighted by molar-refractivity contribution is 0.0594. The summed E-state index contributed by atoms with van der Waals surface area (Å²) in [7, 11) is 0.403. The standard InChI is InChI=1S/C28H26N2O9S/c1-34-21-9-8-19(24(27(21)35-2)28(31)36-3)25-26(39-25)20-13-23-22(37-15-38-23)12-17(20)10-11-30-40(32,33)18-6-4-16(14-29)5-7-18/h4-9,12-13,25-26,30H,10-11,15H2,1-3H3. The van der Waals surface area contributed by atoms with Crippen molar-refractivity contribution in [3.63, 3.8) is 0 Å². The second kappa shape index (κ2) is 11.1. The van der Waals surface area contributed by atoms with Crippen LogP contribution >= 0.6 is 0 Å². The summed E-state index contributed by atoms with van der Waals surface area (Å²) in [5, 5.41) is 8.96. The van der Waals surface area contributed by atoms with Gasteiger partial charge in [-0.2, -0.15) is 5.26 Å². The minimum atomic E-state index is -3.79. The highest BCUT2D eigenvalue weighted by Gasteiger charge is 2.46. The van der Waals surface area contributed by atoms with Crippen molar-refractivity contribution >= 4 is 16.0 Å². The number of rotatable bonds is 10. The van der Waals surface area contributed by atoms with E-state index in [1.807, 2.05) is 18.2 Å². The van der Waals surface area contributed by atoms with E-state index in [1.165, 1.54) is 45.6 Å². The van der Waals surface area contributed by atoms with Gasteiger partial charge in [0.15, 0.2) is 23.0 Å². The molecule has 0 aliphatic carbocycles. The molecule has 11 nitrogen and oxygen atoms in total. The highest BCUT2D eigenvalue weighted by atomic mass is 32.2. The molecule has 1 N–H and O–H groups in total. The van der Waals surface area contributed by atoms with Gasteiger partial charge in [0.05, 0.1) is 37.9 Å². The van der Waals surface area contributed by atoms with Gasteiger partial charge >= 0.3 is 5.97 Å². The minimum absolute atomic E-state index is 0.0618. The molecular formula is C28H26N2O9S. The van der Waals surface area contributed by atoms with E-state index in [1.54, 1.807) is 12.1 Å². The summed E-state index contributed by atoms with van der Waals surface area (Å²) in [4.78, 5) is 12.8. The second-order valence-electron chi connectivity index (χ2n) is 8.92. The number of carbonyl (C=O) groups excluding carboxylic acids is 1. The minimum Gasteiger partial charge on any atom is -0.493 e. The molecule has 0 bridgehead atoms. The van der Waals surface area contributed by atoms with E-state index in [2.05, 4.69) is 4.72 Å². The molecule has 2 atom stereocenters. The lowest BCUT2D eigenvalue weighted by Gasteiger charge is -2.15. The molecule has 208 valence electrons. The van der Waals surface area contributed by atoms with Crippen LogP contribution in [0.5, 0.6) is 23.0 Å². The molecule has 12 heteroatoms. The molecule has 3 aromatic rings. The molecule has 1 fully saturated rings. The molecule has 0 saturated carbocycles. The molecule has 2 aliphatic rings. The number of hydrogen-bond donors (Lipinski definition) is 1. The molecule has 0 aromatic heterocycles. The molecule has 5 rings (SSSR count). The van der Waals surface area contributed by atoms with Crippen LogP contribution in [0.4, 0.5) is 0 Å². The second-order valence-corrected chi connectivity index (χ2v) is 10.7. The van der Waals surface area contributed by atoms with Crippen molar-refractivity contribution in [3.8, 4) is 29.1 Å². The number of epoxide rings is 1. The zero-order valence-electron chi connectivity index (χ0n) is 21.9. The Morgan fingerprint density at radius 2 is 1.70 bits per heavy atom. The van der Waals surface area contributed by atoms with E-state index in [9.17, 15) is 13.2 Å². The maximum absolute atomic E-state index is 12.8. The first-order valence-electron chi connectivity index (χ1n) is 12.2. The van der Waals surface area contributed by atoms with Gasteiger partial charge in [0.2, 0.25) is 16.8 Å². The summed E-state index contributed by atoms with van der Waals surface area (Å²) in [6.07, 6.45) is -0.617. The van der Waals surface area contributed by atoms with Crippen molar-refractivity contribution in [2.75, 3.05) is 34.7 Å². The Hall–Kier alpha value is -4.31. The van der Waals surface area contributed by atoms with Gasteiger partial charge in [-0.25, -0.2) is 17.9 Å². The summed E-state index contributed by atoms with van der Waals surface area (Å²) in [6, 6.07) is 14.7. The number of esters is 1. The summed E-state index contributed by atoms with van der Waals surface area (Å²) < 4.78 is 61.2. The number of hydrogen-bond acceptors (Lipinski definition) is 10. The zero-order valence-corrected chi connectivity index (χ0v) is 22.7. The molecule has 2 heterocycles. The average molecular weight is 567 g/mol. The van der Waals surface area contributed by atoms with E-state index in [0.717, 1.165) is 11.1 Å². The molecule has 0 radical (unpaired) electrons. The van der Waals surface area contributed by atoms with E-state index in [-0.39, 0.29) is 29.5 Å². The molecule has 1 saturated heterocycles. The SMILES string of the molecule is COC(=O)c1c(C2OC2c2cc3c(cc2CCNS(=O)(=O)c2ccc(C#N)cc2)OCO3)ccc(OC)c1OC. The Morgan fingerprint density at radius 1 is 1.00 bits per heavy atom. The first-order chi connectivity index (χ1) is 19.3. The van der Waals surface area contributed by atoms with Gasteiger partial charge in [-0.3, -0.25) is 0 Å². The Morgan fingerprint density at radius 3 is 2.35 bits per heavy atom. The van der Waals surface area contributed by atoms with Crippen molar-refractivity contribution in [1.82, 2.24) is 4.72 Å². The number of methoxy groups -OCH3 is 3. The maximum atomic E-state index is 12.8. The Bertz CT molecular complexity index is 1600. The molecule has 3 aromatic carbocycles. The maximum Gasteiger partial charge on any atom is 0.342 e. The van der Waals surface area contributed by atoms with Crippen LogP contribution in [-0.2, 0) is 25.9 Å². The van der Waals surface area contributed by atoms with Gasteiger partial charge in [0.25, 0.3) is 0 Å². The monoisotopic (exact) mass is 566 g/mol. The fourth-order valence-corrected chi connectivity index (χ4v) is 5.70. The molecule has 2 aliphatic heterocycles. The third-order valence-corrected chi connectivity index (χ3v) is 8.16. The van der Waals surface area contributed by atoms with Crippen LogP contribution in [0.1, 0.15) is 44.8 Å². The van der Waals surface area contributed by atoms with E-state index < -0.39 is 28.2 Å². The summed E-state index contributed by atoms with van der Waals surface area (Å²) in [5.74, 6) is 1.12. The van der Waals surface area contributed by atoms with Gasteiger partial charge in [-0.05, 0) is 60.0 Å². The van der Waals surface area contributed by atoms with Gasteiger partial charge < -0.3 is 28.4 Å². The van der Waals surface area contributed by atoms with Gasteiger partial charge in [0, 0.05) is 12.1 Å². The third kappa shape index (κ3) is 5.14. The number of sulfonamides is 1. The van der Waals surface area contributed by atoms with Crippen LogP contribution in [-0.4, -0.2) is 49.1 Å². The van der Waals surface area contributed by atoms with E-state index in [4.69, 9.17) is 33.7 Å². The topological polar surface area (TPSA) is 146 Å². The van der Waals surface area contributed by atoms with Crippen LogP contribution in [0.3, 0.4) is 0 Å². The number of ether oxygens (including phenoxy) is 6. The smallest absolute Gasteiger partial charge is 0.342 e. The predicted molar refractivity (Wildman–Crippen MR) is 140 cm³/mol. The van der Waals surface area contributed by atoms with E-state index in [0.29, 0.717) is 34.8 Å². The lowest BCUT2D eigenvalue weighted by Crippen LogP contribution is -2.26. The normalized spacial score (nSPS) is 17.1. The van der Waals surface area contributed by atoms with Crippen LogP contribution < -0.4 is 23.7 Å². The summed E-state index contributed by atoms with van der Waals surface area (Å²) in [6.45, 7) is 0.163. The van der Waals surface area contributed by atoms with Gasteiger partial charge in [0.1, 0.15) is 17.8 Å². The number of carbonyl (C=O) groups is 1. The number of nitrogens with zero attached hydrogens (tertiary/aromatic N) is 1. The van der Waals surface area contributed by atoms with Crippen molar-refractivity contribution < 1.29 is 41.6 Å². The number of nitriles is 1. The van der Waals surface area contributed by atoms with Crippen LogP contribution in [0, 0.1) is 11.3 Å². The molecule has 40 heavy (non-hydrogen) atoms. The van der Waals surface area contributed by atoms with Gasteiger partial charge in [-0.15, -0.1) is 0 Å². The molecule has 0 spiro atoms. The number of benzene rings is 3. The number of nitrogens with one attached hydrogen (secondary N) is 1. The van der Waals surface area contributed by atoms with Crippen LogP contribution in [0.25, 0.3) is 0 Å². The van der Waals surface area contributed by atoms with Crippen molar-refractivity contribution in [3.05, 3.63) is 76.3 Å². The van der Waals surface area contributed by atoms with Crippen molar-refractivity contribution in [2.45, 2.75) is 23.5 Å². The summed E-state index contributed by atoms with van der Waals surface area (Å²) in [5.41, 5.74) is 2.71. The quantitative estimate of drug-likeness (QED) is 0.286. The third-order valence-electron chi connectivity index (χ3n) is 6.69. The highest BCUT2D eigenvalue weighted by Crippen LogP contribution is 2.56. The Labute approximate surface area is 231 Å². The van der Waals surface area contributed by atoms with Crippen molar-refractivity contribution in [1.29, 1.82) is 5.26 Å². The average Bonchev–Trinajstić information content (AvgIpc) is 3.63. The van der Waals surface area contributed by atoms with E-state index >= 15 is 0 Å². The molecular weight excluding hydrogens is 540 g/mol. The molecule has 0 amide bonds.